The molecule has 0 aliphatic carbocycles. The lowest BCUT2D eigenvalue weighted by Gasteiger charge is -2.27. The summed E-state index contributed by atoms with van der Waals surface area (Å²) in [5.41, 5.74) is 4.25. The number of esters is 1. The van der Waals surface area contributed by atoms with E-state index in [1.54, 1.807) is 0 Å². The fourth-order valence-electron chi connectivity index (χ4n) is 2.17. The quantitative estimate of drug-likeness (QED) is 0.141. The van der Waals surface area contributed by atoms with Crippen LogP contribution in [0.15, 0.2) is 11.0 Å². The second kappa shape index (κ2) is 15.8. The third-order valence-corrected chi connectivity index (χ3v) is 3.59. The Balaban J connectivity index is 0. The monoisotopic (exact) mass is 453 g/mol. The zero-order chi connectivity index (χ0) is 23.9. The summed E-state index contributed by atoms with van der Waals surface area (Å²) in [7, 11) is 2.00. The number of aromatic nitrogens is 2. The largest absolute Gasteiger partial charge is 0.405 e. The van der Waals surface area contributed by atoms with Gasteiger partial charge in [0, 0.05) is 20.4 Å². The van der Waals surface area contributed by atoms with Gasteiger partial charge in [0.05, 0.1) is 12.1 Å². The van der Waals surface area contributed by atoms with Crippen molar-refractivity contribution in [3.63, 3.8) is 0 Å². The highest BCUT2D eigenvalue weighted by atomic mass is 32.1. The van der Waals surface area contributed by atoms with Crippen molar-refractivity contribution in [2.75, 3.05) is 20.8 Å². The molecule has 30 heavy (non-hydrogen) atoms. The summed E-state index contributed by atoms with van der Waals surface area (Å²) >= 11 is 4.99. The predicted molar refractivity (Wildman–Crippen MR) is 109 cm³/mol. The van der Waals surface area contributed by atoms with Crippen molar-refractivity contribution in [1.82, 2.24) is 9.55 Å². The molecule has 1 fully saturated rings. The number of carbonyl (C=O) groups is 2. The van der Waals surface area contributed by atoms with E-state index in [4.69, 9.17) is 32.9 Å². The van der Waals surface area contributed by atoms with Gasteiger partial charge in [-0.25, -0.2) is 0 Å². The van der Waals surface area contributed by atoms with Crippen LogP contribution in [0.25, 0.3) is 0 Å². The lowest BCUT2D eigenvalue weighted by molar-refractivity contribution is -0.362. The summed E-state index contributed by atoms with van der Waals surface area (Å²) in [6.45, 7) is 3.73. The lowest BCUT2D eigenvalue weighted by Crippen LogP contribution is -2.47. The molecular formula is C17H31N3O9S. The first kappa shape index (κ1) is 30.2. The number of aliphatic hydroxyl groups excluding tert-OH is 2. The van der Waals surface area contributed by atoms with E-state index in [1.165, 1.54) is 17.2 Å². The summed E-state index contributed by atoms with van der Waals surface area (Å²) in [5, 5.41) is 33.6. The number of nitrogens with one attached hydrogen (secondary N) is 1. The maximum atomic E-state index is 11.5. The Morgan fingerprint density at radius 1 is 1.37 bits per heavy atom. The molecule has 1 aliphatic rings. The highest BCUT2D eigenvalue weighted by Gasteiger charge is 2.45. The topological polar surface area (TPSA) is 197 Å². The van der Waals surface area contributed by atoms with Gasteiger partial charge in [-0.05, 0) is 25.1 Å². The first-order valence-corrected chi connectivity index (χ1v) is 9.33. The molecular weight excluding hydrogens is 422 g/mol. The molecule has 2 unspecified atom stereocenters. The minimum atomic E-state index is -2.84. The molecule has 13 heteroatoms. The Hall–Kier alpha value is -2.00. The molecule has 1 aliphatic heterocycles. The average Bonchev–Trinajstić information content (AvgIpc) is 3.22. The smallest absolute Gasteiger partial charge is 0.352 e. The van der Waals surface area contributed by atoms with E-state index in [1.807, 2.05) is 0 Å². The number of aromatic amines is 1. The highest BCUT2D eigenvalue weighted by molar-refractivity contribution is 7.71. The second-order valence-electron chi connectivity index (χ2n) is 5.57. The van der Waals surface area contributed by atoms with E-state index in [2.05, 4.69) is 23.6 Å². The van der Waals surface area contributed by atoms with Gasteiger partial charge in [-0.3, -0.25) is 23.9 Å². The number of hydrogen-bond donors (Lipinski definition) is 6. The Labute approximate surface area is 178 Å². The van der Waals surface area contributed by atoms with Crippen LogP contribution in [0, 0.1) is 4.77 Å². The van der Waals surface area contributed by atoms with Crippen molar-refractivity contribution in [2.24, 2.45) is 5.73 Å². The number of nitrogens with two attached hydrogens (primary N) is 1. The van der Waals surface area contributed by atoms with Crippen LogP contribution >= 0.6 is 12.2 Å². The maximum absolute atomic E-state index is 11.5. The molecule has 12 nitrogen and oxygen atoms in total. The molecule has 0 aromatic carbocycles. The Morgan fingerprint density at radius 3 is 2.37 bits per heavy atom. The van der Waals surface area contributed by atoms with Gasteiger partial charge in [0.2, 0.25) is 0 Å². The number of rotatable bonds is 5. The van der Waals surface area contributed by atoms with Gasteiger partial charge in [-0.15, -0.1) is 0 Å². The molecule has 7 N–H and O–H groups in total. The average molecular weight is 454 g/mol. The van der Waals surface area contributed by atoms with Crippen LogP contribution in [0.1, 0.15) is 49.7 Å². The Morgan fingerprint density at radius 2 is 1.90 bits per heavy atom. The van der Waals surface area contributed by atoms with Crippen molar-refractivity contribution >= 4 is 24.5 Å². The van der Waals surface area contributed by atoms with Crippen LogP contribution in [0.2, 0.25) is 0 Å². The standard InChI is InChI=1S/C12H15N3O7S.C3H8.2CH4O/c13-3-9(17)22-12(19,20)7-1-2-8(21-7)15-4-6(5-16)10(18)14-11(15)23;1-3-2;2*1-2/h4-5,7-8,19-20H,1-3,13H2,(H,14,18,23);3H2,1-2H3;2*2H,1H3. The van der Waals surface area contributed by atoms with Crippen LogP contribution in [0.4, 0.5) is 0 Å². The second-order valence-corrected chi connectivity index (χ2v) is 5.96. The minimum absolute atomic E-state index is 0.00619. The molecule has 174 valence electrons. The summed E-state index contributed by atoms with van der Waals surface area (Å²) < 4.78 is 11.2. The van der Waals surface area contributed by atoms with Gasteiger partial charge in [-0.2, -0.15) is 0 Å². The van der Waals surface area contributed by atoms with E-state index in [9.17, 15) is 24.6 Å². The summed E-state index contributed by atoms with van der Waals surface area (Å²) in [6, 6.07) is 0. The SMILES string of the molecule is CCC.CO.CO.NCC(=O)OC(O)(O)C1CCC(n2cc(C=O)c(=O)[nH]c2=S)O1. The highest BCUT2D eigenvalue weighted by Crippen LogP contribution is 2.33. The van der Waals surface area contributed by atoms with Crippen LogP contribution < -0.4 is 11.3 Å². The number of hydrogen-bond acceptors (Lipinski definition) is 11. The number of carbonyl (C=O) groups excluding carboxylic acids is 2. The summed E-state index contributed by atoms with van der Waals surface area (Å²) in [6.07, 6.45) is 1.24. The Kier molecular flexibility index (Phi) is 15.9. The molecule has 1 saturated heterocycles. The third kappa shape index (κ3) is 9.21. The number of aldehydes is 1. The van der Waals surface area contributed by atoms with Crippen LogP contribution in [-0.4, -0.2) is 75.1 Å². The van der Waals surface area contributed by atoms with Gasteiger partial charge < -0.3 is 35.6 Å². The zero-order valence-corrected chi connectivity index (χ0v) is 18.2. The van der Waals surface area contributed by atoms with Crippen LogP contribution in [0.3, 0.4) is 0 Å². The molecule has 2 rings (SSSR count). The normalized spacial score (nSPS) is 17.2. The van der Waals surface area contributed by atoms with Crippen molar-refractivity contribution in [3.8, 4) is 0 Å². The number of ether oxygens (including phenoxy) is 2. The molecule has 0 spiro atoms. The molecule has 2 atom stereocenters. The molecule has 0 bridgehead atoms. The molecule has 0 amide bonds. The van der Waals surface area contributed by atoms with Gasteiger partial charge in [0.25, 0.3) is 5.56 Å². The number of H-pyrrole nitrogens is 1. The summed E-state index contributed by atoms with van der Waals surface area (Å²) in [4.78, 5) is 35.7. The molecule has 0 radical (unpaired) electrons. The van der Waals surface area contributed by atoms with Crippen LogP contribution in [0.5, 0.6) is 0 Å². The van der Waals surface area contributed by atoms with Gasteiger partial charge in [-0.1, -0.05) is 20.3 Å². The van der Waals surface area contributed by atoms with Gasteiger partial charge in [0.15, 0.2) is 17.2 Å². The minimum Gasteiger partial charge on any atom is -0.405 e. The van der Waals surface area contributed by atoms with Crippen molar-refractivity contribution < 1.29 is 39.5 Å². The van der Waals surface area contributed by atoms with Crippen LogP contribution in [-0.2, 0) is 14.3 Å². The maximum Gasteiger partial charge on any atom is 0.352 e. The third-order valence-electron chi connectivity index (χ3n) is 3.28. The van der Waals surface area contributed by atoms with E-state index in [-0.39, 0.29) is 23.2 Å². The van der Waals surface area contributed by atoms with Crippen molar-refractivity contribution in [1.29, 1.82) is 0 Å². The number of nitrogens with zero attached hydrogens (tertiary/aromatic N) is 1. The molecule has 0 saturated carbocycles. The van der Waals surface area contributed by atoms with E-state index < -0.39 is 36.4 Å². The predicted octanol–water partition coefficient (Wildman–Crippen LogP) is -0.830. The number of aliphatic hydroxyl groups is 4. The first-order valence-electron chi connectivity index (χ1n) is 8.92. The molecule has 2 heterocycles. The fourth-order valence-corrected chi connectivity index (χ4v) is 2.44. The lowest BCUT2D eigenvalue weighted by atomic mass is 10.2. The van der Waals surface area contributed by atoms with Crippen molar-refractivity contribution in [2.45, 2.75) is 51.4 Å². The fraction of sp³-hybridized carbons (Fsp3) is 0.647. The van der Waals surface area contributed by atoms with Crippen molar-refractivity contribution in [3.05, 3.63) is 26.9 Å². The Bertz CT molecular complexity index is 749. The molecule has 1 aromatic rings. The van der Waals surface area contributed by atoms with Gasteiger partial charge >= 0.3 is 11.9 Å². The zero-order valence-electron chi connectivity index (χ0n) is 17.4. The van der Waals surface area contributed by atoms with E-state index >= 15 is 0 Å². The summed E-state index contributed by atoms with van der Waals surface area (Å²) in [5.74, 6) is -3.85. The first-order chi connectivity index (χ1) is 14.2. The van der Waals surface area contributed by atoms with E-state index in [0.29, 0.717) is 6.29 Å². The van der Waals surface area contributed by atoms with E-state index in [0.717, 1.165) is 14.2 Å². The van der Waals surface area contributed by atoms with Gasteiger partial charge in [0.1, 0.15) is 6.23 Å². The molecule has 1 aromatic heterocycles.